The van der Waals surface area contributed by atoms with Crippen molar-refractivity contribution in [3.8, 4) is 17.7 Å². The summed E-state index contributed by atoms with van der Waals surface area (Å²) in [4.78, 5) is 19.8. The molecule has 1 N–H and O–H groups in total. The van der Waals surface area contributed by atoms with Crippen LogP contribution in [-0.2, 0) is 4.79 Å². The number of hydrogen-bond acceptors (Lipinski definition) is 7. The number of ether oxygens (including phenoxy) is 2. The van der Waals surface area contributed by atoms with Crippen molar-refractivity contribution in [2.75, 3.05) is 36.5 Å². The van der Waals surface area contributed by atoms with E-state index in [2.05, 4.69) is 27.8 Å². The third-order valence-corrected chi connectivity index (χ3v) is 7.16. The average molecular weight is 499 g/mol. The molecular formula is C26H31ClN4O4. The zero-order valence-electron chi connectivity index (χ0n) is 20.1. The molecule has 186 valence electrons. The van der Waals surface area contributed by atoms with Crippen molar-refractivity contribution in [3.05, 3.63) is 41.6 Å². The first-order valence-corrected chi connectivity index (χ1v) is 12.3. The SMILES string of the molecule is COc1cc(N2CCC(Oc3ccc(N4C[C@H](C)C[C@@H]4CC(=O)O)cc3)C(CC#N)C2)c(Cl)cn1. The van der Waals surface area contributed by atoms with E-state index in [1.807, 2.05) is 30.3 Å². The minimum Gasteiger partial charge on any atom is -0.490 e. The fraction of sp³-hybridized carbons (Fsp3) is 0.500. The standard InChI is InChI=1S/C26H31ClN4O4/c1-17-11-20(12-26(32)33)31(15-17)19-3-5-21(6-4-19)35-24-8-10-30(16-18(24)7-9-28)23-13-25(34-2)29-14-22(23)27/h3-6,13-14,17-18,20,24H,7-8,10-12,15-16H2,1-2H3,(H,32,33)/t17-,18?,20-,24?/m1/s1. The van der Waals surface area contributed by atoms with Gasteiger partial charge in [-0.15, -0.1) is 0 Å². The third-order valence-electron chi connectivity index (χ3n) is 6.87. The maximum absolute atomic E-state index is 11.3. The maximum Gasteiger partial charge on any atom is 0.305 e. The van der Waals surface area contributed by atoms with E-state index >= 15 is 0 Å². The molecule has 2 fully saturated rings. The van der Waals surface area contributed by atoms with Gasteiger partial charge in [0.25, 0.3) is 0 Å². The molecule has 2 aliphatic rings. The van der Waals surface area contributed by atoms with Gasteiger partial charge < -0.3 is 24.4 Å². The molecule has 1 aromatic carbocycles. The van der Waals surface area contributed by atoms with Crippen molar-refractivity contribution in [2.24, 2.45) is 11.8 Å². The molecule has 3 heterocycles. The highest BCUT2D eigenvalue weighted by molar-refractivity contribution is 6.33. The smallest absolute Gasteiger partial charge is 0.305 e. The van der Waals surface area contributed by atoms with Gasteiger partial charge in [-0.05, 0) is 36.6 Å². The van der Waals surface area contributed by atoms with E-state index in [1.54, 1.807) is 13.3 Å². The molecule has 2 aromatic rings. The fourth-order valence-electron chi connectivity index (χ4n) is 5.21. The Morgan fingerprint density at radius 3 is 2.77 bits per heavy atom. The minimum absolute atomic E-state index is 0.0113. The Morgan fingerprint density at radius 2 is 2.09 bits per heavy atom. The van der Waals surface area contributed by atoms with Crippen LogP contribution in [0.4, 0.5) is 11.4 Å². The number of halogens is 1. The molecule has 0 saturated carbocycles. The largest absolute Gasteiger partial charge is 0.490 e. The highest BCUT2D eigenvalue weighted by atomic mass is 35.5. The van der Waals surface area contributed by atoms with E-state index in [0.717, 1.165) is 43.1 Å². The second-order valence-electron chi connectivity index (χ2n) is 9.43. The lowest BCUT2D eigenvalue weighted by atomic mass is 9.91. The lowest BCUT2D eigenvalue weighted by Gasteiger charge is -2.39. The van der Waals surface area contributed by atoms with Crippen molar-refractivity contribution >= 4 is 28.9 Å². The molecule has 1 aromatic heterocycles. The summed E-state index contributed by atoms with van der Waals surface area (Å²) >= 11 is 6.40. The van der Waals surface area contributed by atoms with Gasteiger partial charge in [-0.25, -0.2) is 4.98 Å². The number of piperidine rings is 1. The van der Waals surface area contributed by atoms with Crippen molar-refractivity contribution in [2.45, 2.75) is 44.8 Å². The maximum atomic E-state index is 11.3. The van der Waals surface area contributed by atoms with E-state index in [-0.39, 0.29) is 24.5 Å². The predicted molar refractivity (Wildman–Crippen MR) is 134 cm³/mol. The van der Waals surface area contributed by atoms with Crippen LogP contribution in [-0.4, -0.2) is 54.9 Å². The number of aliphatic carboxylic acids is 1. The number of rotatable bonds is 8. The topological polar surface area (TPSA) is 98.9 Å². The molecule has 2 saturated heterocycles. The summed E-state index contributed by atoms with van der Waals surface area (Å²) in [5.74, 6) is 0.956. The molecule has 35 heavy (non-hydrogen) atoms. The lowest BCUT2D eigenvalue weighted by molar-refractivity contribution is -0.137. The second kappa shape index (κ2) is 11.0. The zero-order valence-corrected chi connectivity index (χ0v) is 20.8. The summed E-state index contributed by atoms with van der Waals surface area (Å²) in [7, 11) is 1.57. The predicted octanol–water partition coefficient (Wildman–Crippen LogP) is 4.62. The summed E-state index contributed by atoms with van der Waals surface area (Å²) in [6.45, 7) is 4.39. The van der Waals surface area contributed by atoms with Crippen LogP contribution in [0.5, 0.6) is 11.6 Å². The van der Waals surface area contributed by atoms with E-state index in [4.69, 9.17) is 21.1 Å². The van der Waals surface area contributed by atoms with Gasteiger partial charge in [-0.3, -0.25) is 4.79 Å². The molecule has 0 bridgehead atoms. The van der Waals surface area contributed by atoms with Gasteiger partial charge >= 0.3 is 5.97 Å². The van der Waals surface area contributed by atoms with Gasteiger partial charge in [0.05, 0.1) is 36.5 Å². The zero-order chi connectivity index (χ0) is 24.9. The van der Waals surface area contributed by atoms with E-state index in [1.165, 1.54) is 0 Å². The van der Waals surface area contributed by atoms with Crippen LogP contribution in [0.1, 0.15) is 32.6 Å². The molecule has 0 radical (unpaired) electrons. The molecule has 4 rings (SSSR count). The first-order chi connectivity index (χ1) is 16.9. The van der Waals surface area contributed by atoms with Crippen molar-refractivity contribution in [3.63, 3.8) is 0 Å². The number of hydrogen-bond donors (Lipinski definition) is 1. The Hall–Kier alpha value is -3.18. The molecule has 2 aliphatic heterocycles. The van der Waals surface area contributed by atoms with Gasteiger partial charge in [0.1, 0.15) is 11.9 Å². The number of carbonyl (C=O) groups is 1. The van der Waals surface area contributed by atoms with Gasteiger partial charge in [0.15, 0.2) is 0 Å². The third kappa shape index (κ3) is 5.91. The van der Waals surface area contributed by atoms with Crippen LogP contribution in [0, 0.1) is 23.2 Å². The molecule has 0 aliphatic carbocycles. The summed E-state index contributed by atoms with van der Waals surface area (Å²) in [5.41, 5.74) is 1.86. The Labute approximate surface area is 211 Å². The van der Waals surface area contributed by atoms with Crippen LogP contribution in [0.15, 0.2) is 36.5 Å². The number of benzene rings is 1. The number of aromatic nitrogens is 1. The van der Waals surface area contributed by atoms with E-state index in [0.29, 0.717) is 29.8 Å². The number of methoxy groups -OCH3 is 1. The summed E-state index contributed by atoms with van der Waals surface area (Å²) in [5, 5.41) is 19.2. The van der Waals surface area contributed by atoms with Crippen molar-refractivity contribution < 1.29 is 19.4 Å². The molecule has 9 heteroatoms. The second-order valence-corrected chi connectivity index (χ2v) is 9.84. The molecule has 4 atom stereocenters. The van der Waals surface area contributed by atoms with E-state index < -0.39 is 5.97 Å². The molecule has 0 amide bonds. The number of nitriles is 1. The monoisotopic (exact) mass is 498 g/mol. The molecule has 0 spiro atoms. The number of carboxylic acids is 1. The van der Waals surface area contributed by atoms with Crippen LogP contribution in [0.3, 0.4) is 0 Å². The summed E-state index contributed by atoms with van der Waals surface area (Å²) in [6.07, 6.45) is 3.64. The quantitative estimate of drug-likeness (QED) is 0.562. The average Bonchev–Trinajstić information content (AvgIpc) is 3.20. The number of carboxylic acid groups (broad SMARTS) is 1. The van der Waals surface area contributed by atoms with Crippen molar-refractivity contribution in [1.82, 2.24) is 4.98 Å². The normalized spacial score (nSPS) is 24.2. The fourth-order valence-corrected chi connectivity index (χ4v) is 5.44. The number of nitrogens with zero attached hydrogens (tertiary/aromatic N) is 4. The number of anilines is 2. The van der Waals surface area contributed by atoms with Crippen LogP contribution in [0.25, 0.3) is 0 Å². The Morgan fingerprint density at radius 1 is 1.31 bits per heavy atom. The molecular weight excluding hydrogens is 468 g/mol. The highest BCUT2D eigenvalue weighted by Crippen LogP contribution is 2.35. The van der Waals surface area contributed by atoms with Gasteiger partial charge in [0, 0.05) is 56.2 Å². The van der Waals surface area contributed by atoms with Crippen LogP contribution in [0.2, 0.25) is 5.02 Å². The molecule has 8 nitrogen and oxygen atoms in total. The van der Waals surface area contributed by atoms with Gasteiger partial charge in [-0.1, -0.05) is 18.5 Å². The highest BCUT2D eigenvalue weighted by Gasteiger charge is 2.33. The Balaban J connectivity index is 1.43. The van der Waals surface area contributed by atoms with Gasteiger partial charge in [0.2, 0.25) is 5.88 Å². The summed E-state index contributed by atoms with van der Waals surface area (Å²) in [6, 6.07) is 12.0. The Kier molecular flexibility index (Phi) is 7.86. The van der Waals surface area contributed by atoms with Crippen LogP contribution >= 0.6 is 11.6 Å². The van der Waals surface area contributed by atoms with E-state index in [9.17, 15) is 15.2 Å². The van der Waals surface area contributed by atoms with Gasteiger partial charge in [-0.2, -0.15) is 5.26 Å². The van der Waals surface area contributed by atoms with Crippen LogP contribution < -0.4 is 19.3 Å². The lowest BCUT2D eigenvalue weighted by Crippen LogP contribution is -2.45. The summed E-state index contributed by atoms with van der Waals surface area (Å²) < 4.78 is 11.6. The van der Waals surface area contributed by atoms with Crippen molar-refractivity contribution in [1.29, 1.82) is 5.26 Å². The molecule has 2 unspecified atom stereocenters. The first kappa shape index (κ1) is 24.9. The minimum atomic E-state index is -0.768. The first-order valence-electron chi connectivity index (χ1n) is 11.9. The number of pyridine rings is 1. The Bertz CT molecular complexity index is 1070.